The number of nitrogens with two attached hydrogens (primary N) is 1. The second kappa shape index (κ2) is 5.46. The van der Waals surface area contributed by atoms with Gasteiger partial charge in [-0.3, -0.25) is 14.8 Å². The van der Waals surface area contributed by atoms with Crippen LogP contribution in [0.15, 0.2) is 29.4 Å². The Balaban J connectivity index is 2.19. The van der Waals surface area contributed by atoms with Crippen LogP contribution in [0.25, 0.3) is 0 Å². The third-order valence-electron chi connectivity index (χ3n) is 2.57. The van der Waals surface area contributed by atoms with Crippen LogP contribution in [0.2, 0.25) is 0 Å². The Kier molecular flexibility index (Phi) is 3.86. The molecule has 0 aliphatic rings. The van der Waals surface area contributed by atoms with Gasteiger partial charge in [0.15, 0.2) is 5.82 Å². The number of nitrogen functional groups attached to an aromatic ring is 1. The molecule has 0 fully saturated rings. The average Bonchev–Trinajstić information content (AvgIpc) is 2.82. The Hall–Kier alpha value is -2.53. The van der Waals surface area contributed by atoms with Gasteiger partial charge >= 0.3 is 0 Å². The Bertz CT molecular complexity index is 785. The van der Waals surface area contributed by atoms with Crippen LogP contribution in [0.1, 0.15) is 5.82 Å². The van der Waals surface area contributed by atoms with Gasteiger partial charge < -0.3 is 5.73 Å². The summed E-state index contributed by atoms with van der Waals surface area (Å²) in [5.74, 6) is 0.302. The summed E-state index contributed by atoms with van der Waals surface area (Å²) in [6.07, 6.45) is 1.44. The molecule has 0 atom stereocenters. The molecular weight excluding hydrogens is 300 g/mol. The Labute approximate surface area is 119 Å². The number of hydrogen-bond donors (Lipinski definition) is 2. The minimum Gasteiger partial charge on any atom is -0.393 e. The lowest BCUT2D eigenvalue weighted by Gasteiger charge is -2.06. The maximum absolute atomic E-state index is 12.0. The number of aromatic nitrogens is 3. The van der Waals surface area contributed by atoms with Gasteiger partial charge in [0.05, 0.1) is 16.4 Å². The summed E-state index contributed by atoms with van der Waals surface area (Å²) in [6, 6.07) is 3.19. The first-order valence-corrected chi connectivity index (χ1v) is 7.16. The molecule has 21 heavy (non-hydrogen) atoms. The fraction of sp³-hybridized carbons (Fsp3) is 0.200. The van der Waals surface area contributed by atoms with Crippen LogP contribution in [0.5, 0.6) is 0 Å². The average molecular weight is 312 g/mol. The van der Waals surface area contributed by atoms with Crippen LogP contribution in [-0.2, 0) is 23.6 Å². The molecule has 0 saturated carbocycles. The molecule has 2 rings (SSSR count). The van der Waals surface area contributed by atoms with E-state index in [0.29, 0.717) is 5.82 Å². The zero-order valence-corrected chi connectivity index (χ0v) is 11.7. The summed E-state index contributed by atoms with van der Waals surface area (Å²) >= 11 is 0. The van der Waals surface area contributed by atoms with Crippen molar-refractivity contribution in [2.45, 2.75) is 11.4 Å². The van der Waals surface area contributed by atoms with Crippen LogP contribution in [0.3, 0.4) is 0 Å². The maximum Gasteiger partial charge on any atom is 0.292 e. The summed E-state index contributed by atoms with van der Waals surface area (Å²) in [7, 11) is -2.20. The largest absolute Gasteiger partial charge is 0.393 e. The summed E-state index contributed by atoms with van der Waals surface area (Å²) in [6.45, 7) is -0.0972. The van der Waals surface area contributed by atoms with Gasteiger partial charge in [0.25, 0.3) is 5.69 Å². The van der Waals surface area contributed by atoms with E-state index in [1.54, 1.807) is 7.05 Å². The van der Waals surface area contributed by atoms with Gasteiger partial charge in [-0.05, 0) is 12.1 Å². The molecule has 1 aromatic carbocycles. The standard InChI is InChI=1S/C10H12N6O4S/c1-15-6-12-10(14-15)5-13-21(19,20)7-2-3-9(16(17)18)8(11)4-7/h2-4,6,13H,5,11H2,1H3. The van der Waals surface area contributed by atoms with E-state index in [0.717, 1.165) is 18.2 Å². The normalized spacial score (nSPS) is 11.5. The monoisotopic (exact) mass is 312 g/mol. The molecule has 0 spiro atoms. The van der Waals surface area contributed by atoms with Crippen molar-refractivity contribution in [1.29, 1.82) is 0 Å². The first kappa shape index (κ1) is 14.9. The van der Waals surface area contributed by atoms with Crippen molar-refractivity contribution in [2.24, 2.45) is 7.05 Å². The zero-order valence-electron chi connectivity index (χ0n) is 10.9. The van der Waals surface area contributed by atoms with Gasteiger partial charge in [0.2, 0.25) is 10.0 Å². The lowest BCUT2D eigenvalue weighted by molar-refractivity contribution is -0.383. The highest BCUT2D eigenvalue weighted by atomic mass is 32.2. The van der Waals surface area contributed by atoms with Crippen molar-refractivity contribution in [3.05, 3.63) is 40.5 Å². The molecule has 1 aromatic heterocycles. The molecule has 1 heterocycles. The molecule has 0 aliphatic carbocycles. The number of rotatable bonds is 5. The summed E-state index contributed by atoms with van der Waals surface area (Å²) in [5, 5.41) is 14.6. The van der Waals surface area contributed by atoms with E-state index in [1.165, 1.54) is 11.0 Å². The quantitative estimate of drug-likeness (QED) is 0.441. The van der Waals surface area contributed by atoms with Crippen molar-refractivity contribution in [3.63, 3.8) is 0 Å². The van der Waals surface area contributed by atoms with Crippen molar-refractivity contribution >= 4 is 21.4 Å². The van der Waals surface area contributed by atoms with Crippen LogP contribution in [0, 0.1) is 10.1 Å². The third kappa shape index (κ3) is 3.32. The van der Waals surface area contributed by atoms with Gasteiger partial charge in [-0.15, -0.1) is 0 Å². The van der Waals surface area contributed by atoms with E-state index in [1.807, 2.05) is 0 Å². The van der Waals surface area contributed by atoms with E-state index >= 15 is 0 Å². The molecule has 0 bridgehead atoms. The molecule has 2 aromatic rings. The number of nitrogens with zero attached hydrogens (tertiary/aromatic N) is 4. The molecule has 10 nitrogen and oxygen atoms in total. The van der Waals surface area contributed by atoms with Crippen LogP contribution in [0.4, 0.5) is 11.4 Å². The highest BCUT2D eigenvalue weighted by molar-refractivity contribution is 7.89. The number of nitrogens with one attached hydrogen (secondary N) is 1. The molecule has 0 unspecified atom stereocenters. The Morgan fingerprint density at radius 3 is 2.71 bits per heavy atom. The number of sulfonamides is 1. The molecular formula is C10H12N6O4S. The van der Waals surface area contributed by atoms with Crippen LogP contribution >= 0.6 is 0 Å². The molecule has 11 heteroatoms. The number of nitro benzene ring substituents is 1. The zero-order chi connectivity index (χ0) is 15.6. The SMILES string of the molecule is Cn1cnc(CNS(=O)(=O)c2ccc([N+](=O)[O-])c(N)c2)n1. The molecule has 0 radical (unpaired) electrons. The van der Waals surface area contributed by atoms with E-state index in [-0.39, 0.29) is 22.8 Å². The van der Waals surface area contributed by atoms with E-state index in [4.69, 9.17) is 5.73 Å². The minimum atomic E-state index is -3.86. The second-order valence-electron chi connectivity index (χ2n) is 4.14. The van der Waals surface area contributed by atoms with Gasteiger partial charge in [-0.1, -0.05) is 0 Å². The van der Waals surface area contributed by atoms with E-state index < -0.39 is 14.9 Å². The van der Waals surface area contributed by atoms with Gasteiger partial charge in [0, 0.05) is 13.1 Å². The summed E-state index contributed by atoms with van der Waals surface area (Å²) in [5.41, 5.74) is 4.90. The van der Waals surface area contributed by atoms with Crippen molar-refractivity contribution in [3.8, 4) is 0 Å². The van der Waals surface area contributed by atoms with Crippen molar-refractivity contribution < 1.29 is 13.3 Å². The highest BCUT2D eigenvalue weighted by Gasteiger charge is 2.19. The molecule has 0 saturated heterocycles. The third-order valence-corrected chi connectivity index (χ3v) is 3.97. The number of aryl methyl sites for hydroxylation is 1. The Morgan fingerprint density at radius 1 is 1.48 bits per heavy atom. The van der Waals surface area contributed by atoms with Crippen LogP contribution in [-0.4, -0.2) is 28.1 Å². The first-order valence-electron chi connectivity index (χ1n) is 5.67. The summed E-state index contributed by atoms with van der Waals surface area (Å²) < 4.78 is 27.8. The molecule has 0 aliphatic heterocycles. The minimum absolute atomic E-state index is 0.0972. The van der Waals surface area contributed by atoms with Crippen molar-refractivity contribution in [1.82, 2.24) is 19.5 Å². The highest BCUT2D eigenvalue weighted by Crippen LogP contribution is 2.24. The lowest BCUT2D eigenvalue weighted by Crippen LogP contribution is -2.24. The van der Waals surface area contributed by atoms with Crippen LogP contribution < -0.4 is 10.5 Å². The van der Waals surface area contributed by atoms with Crippen molar-refractivity contribution in [2.75, 3.05) is 5.73 Å². The lowest BCUT2D eigenvalue weighted by atomic mass is 10.3. The molecule has 112 valence electrons. The van der Waals surface area contributed by atoms with E-state index in [2.05, 4.69) is 14.8 Å². The van der Waals surface area contributed by atoms with Gasteiger partial charge in [-0.2, -0.15) is 5.10 Å². The number of benzene rings is 1. The smallest absolute Gasteiger partial charge is 0.292 e. The van der Waals surface area contributed by atoms with Gasteiger partial charge in [0.1, 0.15) is 12.0 Å². The fourth-order valence-corrected chi connectivity index (χ4v) is 2.59. The molecule has 0 amide bonds. The predicted molar refractivity (Wildman–Crippen MR) is 72.5 cm³/mol. The molecule has 3 N–H and O–H groups in total. The number of anilines is 1. The summed E-state index contributed by atoms with van der Waals surface area (Å²) in [4.78, 5) is 13.7. The predicted octanol–water partition coefficient (Wildman–Crippen LogP) is -0.216. The second-order valence-corrected chi connectivity index (χ2v) is 5.90. The fourth-order valence-electron chi connectivity index (χ4n) is 1.57. The number of hydrogen-bond acceptors (Lipinski definition) is 7. The number of nitro groups is 1. The van der Waals surface area contributed by atoms with Gasteiger partial charge in [-0.25, -0.2) is 18.1 Å². The first-order chi connectivity index (χ1) is 9.79. The van der Waals surface area contributed by atoms with E-state index in [9.17, 15) is 18.5 Å². The Morgan fingerprint density at radius 2 is 2.19 bits per heavy atom. The topological polar surface area (TPSA) is 146 Å². The maximum atomic E-state index is 12.0.